The second-order valence-corrected chi connectivity index (χ2v) is 3.73. The monoisotopic (exact) mass is 196 g/mol. The Morgan fingerprint density at radius 3 is 2.60 bits per heavy atom. The minimum Gasteiger partial charge on any atom is -0.353 e. The van der Waals surface area contributed by atoms with E-state index in [1.165, 1.54) is 16.7 Å². The molecule has 0 amide bonds. The Labute approximate surface area is 89.2 Å². The fraction of sp³-hybridized carbons (Fsp3) is 0.154. The van der Waals surface area contributed by atoms with Crippen molar-refractivity contribution in [2.45, 2.75) is 13.8 Å². The molecular weight excluding hydrogens is 184 g/mol. The van der Waals surface area contributed by atoms with Crippen molar-refractivity contribution in [2.24, 2.45) is 0 Å². The predicted molar refractivity (Wildman–Crippen MR) is 60.4 cm³/mol. The van der Waals surface area contributed by atoms with Crippen molar-refractivity contribution in [2.75, 3.05) is 0 Å². The number of nitrogens with one attached hydrogen (secondary N) is 1. The number of aromatic amines is 1. The molecule has 0 unspecified atom stereocenters. The van der Waals surface area contributed by atoms with Crippen LogP contribution in [0.15, 0.2) is 30.5 Å². The minimum absolute atomic E-state index is 0.602. The minimum atomic E-state index is 0.602. The average molecular weight is 196 g/mol. The molecule has 1 aromatic heterocycles. The van der Waals surface area contributed by atoms with Gasteiger partial charge < -0.3 is 4.98 Å². The fourth-order valence-electron chi connectivity index (χ4n) is 1.75. The molecule has 2 aromatic rings. The molecule has 0 aliphatic carbocycles. The number of rotatable bonds is 1. The lowest BCUT2D eigenvalue weighted by atomic mass is 10.0. The summed E-state index contributed by atoms with van der Waals surface area (Å²) >= 11 is 0. The van der Waals surface area contributed by atoms with Crippen LogP contribution in [0.3, 0.4) is 0 Å². The zero-order valence-electron chi connectivity index (χ0n) is 8.83. The molecule has 0 bridgehead atoms. The number of hydrogen-bond acceptors (Lipinski definition) is 1. The largest absolute Gasteiger partial charge is 0.353 e. The highest BCUT2D eigenvalue weighted by molar-refractivity contribution is 5.68. The SMILES string of the molecule is Cc1ccc(-c2c[nH]c(C#N)c2)c(C)c1. The van der Waals surface area contributed by atoms with Gasteiger partial charge >= 0.3 is 0 Å². The van der Waals surface area contributed by atoms with Crippen LogP contribution >= 0.6 is 0 Å². The van der Waals surface area contributed by atoms with Gasteiger partial charge in [-0.2, -0.15) is 5.26 Å². The van der Waals surface area contributed by atoms with Gasteiger partial charge in [0.2, 0.25) is 0 Å². The standard InChI is InChI=1S/C13H12N2/c1-9-3-4-13(10(2)5-9)11-6-12(7-14)15-8-11/h3-6,8,15H,1-2H3. The van der Waals surface area contributed by atoms with Gasteiger partial charge in [0.1, 0.15) is 11.8 Å². The molecule has 1 aromatic carbocycles. The number of aromatic nitrogens is 1. The number of nitrogens with zero attached hydrogens (tertiary/aromatic N) is 1. The van der Waals surface area contributed by atoms with Crippen molar-refractivity contribution in [1.82, 2.24) is 4.98 Å². The van der Waals surface area contributed by atoms with Gasteiger partial charge in [0.15, 0.2) is 0 Å². The zero-order chi connectivity index (χ0) is 10.8. The summed E-state index contributed by atoms with van der Waals surface area (Å²) in [6, 6.07) is 10.3. The summed E-state index contributed by atoms with van der Waals surface area (Å²) in [6.07, 6.45) is 1.87. The molecule has 0 spiro atoms. The lowest BCUT2D eigenvalue weighted by Gasteiger charge is -2.03. The smallest absolute Gasteiger partial charge is 0.118 e. The molecule has 0 fully saturated rings. The maximum absolute atomic E-state index is 8.73. The highest BCUT2D eigenvalue weighted by Crippen LogP contribution is 2.24. The Bertz CT molecular complexity index is 530. The number of H-pyrrole nitrogens is 1. The van der Waals surface area contributed by atoms with Crippen LogP contribution in [-0.2, 0) is 0 Å². The second kappa shape index (κ2) is 3.62. The van der Waals surface area contributed by atoms with Crippen molar-refractivity contribution in [3.8, 4) is 17.2 Å². The first-order valence-electron chi connectivity index (χ1n) is 4.87. The van der Waals surface area contributed by atoms with Gasteiger partial charge in [-0.3, -0.25) is 0 Å². The number of hydrogen-bond donors (Lipinski definition) is 1. The van der Waals surface area contributed by atoms with Crippen LogP contribution in [0.2, 0.25) is 0 Å². The van der Waals surface area contributed by atoms with Crippen molar-refractivity contribution >= 4 is 0 Å². The Morgan fingerprint density at radius 2 is 2.00 bits per heavy atom. The van der Waals surface area contributed by atoms with E-state index in [-0.39, 0.29) is 0 Å². The normalized spacial score (nSPS) is 9.93. The molecule has 2 nitrogen and oxygen atoms in total. The average Bonchev–Trinajstić information content (AvgIpc) is 2.66. The quantitative estimate of drug-likeness (QED) is 0.747. The molecule has 15 heavy (non-hydrogen) atoms. The summed E-state index contributed by atoms with van der Waals surface area (Å²) in [4.78, 5) is 2.93. The molecule has 0 saturated heterocycles. The molecule has 2 heteroatoms. The van der Waals surface area contributed by atoms with Gasteiger partial charge in [-0.15, -0.1) is 0 Å². The van der Waals surface area contributed by atoms with Crippen molar-refractivity contribution in [3.63, 3.8) is 0 Å². The third-order valence-corrected chi connectivity index (χ3v) is 2.50. The first-order valence-corrected chi connectivity index (χ1v) is 4.87. The number of benzene rings is 1. The van der Waals surface area contributed by atoms with Crippen LogP contribution in [0.4, 0.5) is 0 Å². The van der Waals surface area contributed by atoms with Crippen LogP contribution in [0.25, 0.3) is 11.1 Å². The second-order valence-electron chi connectivity index (χ2n) is 3.73. The van der Waals surface area contributed by atoms with Gasteiger partial charge in [0.25, 0.3) is 0 Å². The maximum Gasteiger partial charge on any atom is 0.118 e. The molecule has 74 valence electrons. The van der Waals surface area contributed by atoms with Crippen LogP contribution in [0.1, 0.15) is 16.8 Å². The number of aryl methyl sites for hydroxylation is 2. The van der Waals surface area contributed by atoms with E-state index in [9.17, 15) is 0 Å². The van der Waals surface area contributed by atoms with E-state index in [0.717, 1.165) is 5.56 Å². The van der Waals surface area contributed by atoms with Crippen LogP contribution in [-0.4, -0.2) is 4.98 Å². The first kappa shape index (κ1) is 9.54. The van der Waals surface area contributed by atoms with Crippen LogP contribution in [0.5, 0.6) is 0 Å². The zero-order valence-corrected chi connectivity index (χ0v) is 8.83. The third-order valence-electron chi connectivity index (χ3n) is 2.50. The Hall–Kier alpha value is -2.01. The molecule has 1 N–H and O–H groups in total. The first-order chi connectivity index (χ1) is 7.20. The number of nitriles is 1. The van der Waals surface area contributed by atoms with Gasteiger partial charge in [0.05, 0.1) is 0 Å². The van der Waals surface area contributed by atoms with E-state index < -0.39 is 0 Å². The van der Waals surface area contributed by atoms with Crippen LogP contribution < -0.4 is 0 Å². The van der Waals surface area contributed by atoms with E-state index in [1.54, 1.807) is 0 Å². The highest BCUT2D eigenvalue weighted by Gasteiger charge is 2.04. The molecule has 0 saturated carbocycles. The molecule has 0 aliphatic rings. The summed E-state index contributed by atoms with van der Waals surface area (Å²) in [7, 11) is 0. The Balaban J connectivity index is 2.50. The summed E-state index contributed by atoms with van der Waals surface area (Å²) < 4.78 is 0. The van der Waals surface area contributed by atoms with E-state index in [1.807, 2.05) is 12.3 Å². The molecule has 0 aliphatic heterocycles. The molecule has 0 radical (unpaired) electrons. The third kappa shape index (κ3) is 1.77. The van der Waals surface area contributed by atoms with E-state index in [0.29, 0.717) is 5.69 Å². The topological polar surface area (TPSA) is 39.6 Å². The van der Waals surface area contributed by atoms with Gasteiger partial charge in [-0.1, -0.05) is 23.8 Å². The molecule has 2 rings (SSSR count). The van der Waals surface area contributed by atoms with Crippen molar-refractivity contribution < 1.29 is 0 Å². The lowest BCUT2D eigenvalue weighted by Crippen LogP contribution is -1.82. The fourth-order valence-corrected chi connectivity index (χ4v) is 1.75. The van der Waals surface area contributed by atoms with Gasteiger partial charge in [-0.05, 0) is 31.0 Å². The summed E-state index contributed by atoms with van der Waals surface area (Å²) in [5, 5.41) is 8.73. The predicted octanol–water partition coefficient (Wildman–Crippen LogP) is 3.17. The van der Waals surface area contributed by atoms with E-state index in [2.05, 4.69) is 43.1 Å². The molecule has 0 atom stereocenters. The maximum atomic E-state index is 8.73. The summed E-state index contributed by atoms with van der Waals surface area (Å²) in [5.74, 6) is 0. The van der Waals surface area contributed by atoms with Gasteiger partial charge in [-0.25, -0.2) is 0 Å². The Kier molecular flexibility index (Phi) is 2.31. The van der Waals surface area contributed by atoms with Crippen LogP contribution in [0, 0.1) is 25.2 Å². The highest BCUT2D eigenvalue weighted by atomic mass is 14.7. The van der Waals surface area contributed by atoms with Crippen molar-refractivity contribution in [1.29, 1.82) is 5.26 Å². The van der Waals surface area contributed by atoms with Crippen molar-refractivity contribution in [3.05, 3.63) is 47.3 Å². The molecule has 1 heterocycles. The molecular formula is C13H12N2. The Morgan fingerprint density at radius 1 is 1.20 bits per heavy atom. The summed E-state index contributed by atoms with van der Waals surface area (Å²) in [5.41, 5.74) is 5.35. The lowest BCUT2D eigenvalue weighted by molar-refractivity contribution is 1.33. The van der Waals surface area contributed by atoms with E-state index >= 15 is 0 Å². The summed E-state index contributed by atoms with van der Waals surface area (Å²) in [6.45, 7) is 4.16. The van der Waals surface area contributed by atoms with Gasteiger partial charge in [0, 0.05) is 11.8 Å². The van der Waals surface area contributed by atoms with E-state index in [4.69, 9.17) is 5.26 Å².